The molecule has 21 heavy (non-hydrogen) atoms. The zero-order chi connectivity index (χ0) is 14.8. The van der Waals surface area contributed by atoms with Crippen molar-refractivity contribution in [2.75, 3.05) is 7.11 Å². The van der Waals surface area contributed by atoms with E-state index in [1.54, 1.807) is 7.11 Å². The molecule has 1 aromatic heterocycles. The summed E-state index contributed by atoms with van der Waals surface area (Å²) in [5.74, 6) is 2.24. The van der Waals surface area contributed by atoms with Gasteiger partial charge >= 0.3 is 0 Å². The van der Waals surface area contributed by atoms with Crippen LogP contribution in [0.2, 0.25) is 0 Å². The molecule has 1 N–H and O–H groups in total. The minimum Gasteiger partial charge on any atom is -0.493 e. The van der Waals surface area contributed by atoms with Gasteiger partial charge in [-0.1, -0.05) is 18.2 Å². The van der Waals surface area contributed by atoms with E-state index in [0.29, 0.717) is 5.75 Å². The van der Waals surface area contributed by atoms with Gasteiger partial charge in [-0.15, -0.1) is 0 Å². The average Bonchev–Trinajstić information content (AvgIpc) is 2.91. The number of aromatic nitrogens is 2. The number of methoxy groups -OCH3 is 1. The number of fused-ring (bicyclic) bond motifs is 1. The van der Waals surface area contributed by atoms with Gasteiger partial charge in [0.25, 0.3) is 0 Å². The minimum atomic E-state index is -0.186. The van der Waals surface area contributed by atoms with E-state index < -0.39 is 0 Å². The molecule has 0 aliphatic rings. The Morgan fingerprint density at radius 2 is 1.86 bits per heavy atom. The second-order valence-electron chi connectivity index (χ2n) is 5.05. The summed E-state index contributed by atoms with van der Waals surface area (Å²) >= 11 is 0. The molecule has 3 aromatic rings. The molecular weight excluding hydrogens is 264 g/mol. The molecule has 0 saturated carbocycles. The molecule has 4 heteroatoms. The van der Waals surface area contributed by atoms with Gasteiger partial charge in [0.05, 0.1) is 18.1 Å². The molecule has 0 spiro atoms. The highest BCUT2D eigenvalue weighted by Crippen LogP contribution is 2.30. The van der Waals surface area contributed by atoms with E-state index in [1.807, 2.05) is 37.3 Å². The van der Waals surface area contributed by atoms with Gasteiger partial charge < -0.3 is 14.5 Å². The lowest BCUT2D eigenvalue weighted by Crippen LogP contribution is -2.05. The lowest BCUT2D eigenvalue weighted by molar-refractivity contribution is 0.208. The lowest BCUT2D eigenvalue weighted by Gasteiger charge is -2.14. The molecule has 0 radical (unpaired) electrons. The van der Waals surface area contributed by atoms with Crippen molar-refractivity contribution in [1.82, 2.24) is 9.97 Å². The number of para-hydroxylation sites is 2. The third-order valence-corrected chi connectivity index (χ3v) is 3.41. The Balaban J connectivity index is 1.88. The van der Waals surface area contributed by atoms with Gasteiger partial charge in [-0.2, -0.15) is 0 Å². The van der Waals surface area contributed by atoms with E-state index in [1.165, 1.54) is 5.56 Å². The Bertz CT molecular complexity index is 764. The molecule has 4 nitrogen and oxygen atoms in total. The number of hydrogen-bond donors (Lipinski definition) is 1. The van der Waals surface area contributed by atoms with Crippen molar-refractivity contribution in [2.24, 2.45) is 0 Å². The Kier molecular flexibility index (Phi) is 3.52. The first-order chi connectivity index (χ1) is 10.2. The fraction of sp³-hybridized carbons (Fsp3) is 0.235. The number of rotatable bonds is 4. The van der Waals surface area contributed by atoms with Crippen LogP contribution in [-0.2, 0) is 0 Å². The Morgan fingerprint density at radius 1 is 1.10 bits per heavy atom. The molecule has 2 aromatic carbocycles. The van der Waals surface area contributed by atoms with Crippen molar-refractivity contribution in [3.63, 3.8) is 0 Å². The van der Waals surface area contributed by atoms with Crippen molar-refractivity contribution in [2.45, 2.75) is 20.0 Å². The maximum atomic E-state index is 5.96. The molecule has 0 amide bonds. The smallest absolute Gasteiger partial charge is 0.162 e. The normalized spacial score (nSPS) is 12.3. The SMILES string of the molecule is COc1ccccc1OC(C)c1nc2ccc(C)cc2[nH]1. The molecule has 0 aliphatic carbocycles. The van der Waals surface area contributed by atoms with Crippen LogP contribution >= 0.6 is 0 Å². The standard InChI is InChI=1S/C17H18N2O2/c1-11-8-9-13-14(10-11)19-17(18-13)12(2)21-16-7-5-4-6-15(16)20-3/h4-10,12H,1-3H3,(H,18,19). The number of ether oxygens (including phenoxy) is 2. The Morgan fingerprint density at radius 3 is 2.62 bits per heavy atom. The highest BCUT2D eigenvalue weighted by atomic mass is 16.5. The predicted octanol–water partition coefficient (Wildman–Crippen LogP) is 4.02. The predicted molar refractivity (Wildman–Crippen MR) is 82.9 cm³/mol. The molecule has 0 fully saturated rings. The van der Waals surface area contributed by atoms with Crippen LogP contribution in [0.1, 0.15) is 24.4 Å². The monoisotopic (exact) mass is 282 g/mol. The van der Waals surface area contributed by atoms with Crippen LogP contribution < -0.4 is 9.47 Å². The van der Waals surface area contributed by atoms with Crippen LogP contribution in [0.4, 0.5) is 0 Å². The van der Waals surface area contributed by atoms with Gasteiger partial charge in [-0.3, -0.25) is 0 Å². The van der Waals surface area contributed by atoms with Gasteiger partial charge in [0.15, 0.2) is 17.6 Å². The molecule has 3 rings (SSSR count). The zero-order valence-electron chi connectivity index (χ0n) is 12.4. The van der Waals surface area contributed by atoms with Crippen LogP contribution in [0.25, 0.3) is 11.0 Å². The number of nitrogens with zero attached hydrogens (tertiary/aromatic N) is 1. The van der Waals surface area contributed by atoms with Gasteiger partial charge in [-0.25, -0.2) is 4.98 Å². The summed E-state index contributed by atoms with van der Waals surface area (Å²) in [6.45, 7) is 4.03. The van der Waals surface area contributed by atoms with E-state index in [0.717, 1.165) is 22.6 Å². The van der Waals surface area contributed by atoms with E-state index >= 15 is 0 Å². The van der Waals surface area contributed by atoms with Crippen molar-refractivity contribution in [1.29, 1.82) is 0 Å². The molecule has 0 bridgehead atoms. The number of aromatic amines is 1. The fourth-order valence-corrected chi connectivity index (χ4v) is 2.30. The van der Waals surface area contributed by atoms with Gasteiger partial charge in [-0.05, 0) is 43.7 Å². The van der Waals surface area contributed by atoms with Crippen LogP contribution in [-0.4, -0.2) is 17.1 Å². The summed E-state index contributed by atoms with van der Waals surface area (Å²) in [6, 6.07) is 13.8. The van der Waals surface area contributed by atoms with Gasteiger partial charge in [0.1, 0.15) is 5.82 Å². The van der Waals surface area contributed by atoms with E-state index in [2.05, 4.69) is 29.0 Å². The summed E-state index contributed by atoms with van der Waals surface area (Å²) < 4.78 is 11.3. The van der Waals surface area contributed by atoms with Gasteiger partial charge in [0.2, 0.25) is 0 Å². The summed E-state index contributed by atoms with van der Waals surface area (Å²) in [6.07, 6.45) is -0.186. The fourth-order valence-electron chi connectivity index (χ4n) is 2.30. The number of aryl methyl sites for hydroxylation is 1. The summed E-state index contributed by atoms with van der Waals surface area (Å²) in [5, 5.41) is 0. The number of benzene rings is 2. The van der Waals surface area contributed by atoms with E-state index in [9.17, 15) is 0 Å². The van der Waals surface area contributed by atoms with Crippen molar-refractivity contribution in [3.8, 4) is 11.5 Å². The van der Waals surface area contributed by atoms with Gasteiger partial charge in [0, 0.05) is 0 Å². The first-order valence-corrected chi connectivity index (χ1v) is 6.93. The van der Waals surface area contributed by atoms with Crippen LogP contribution in [0, 0.1) is 6.92 Å². The summed E-state index contributed by atoms with van der Waals surface area (Å²) in [4.78, 5) is 7.90. The van der Waals surface area contributed by atoms with Crippen molar-refractivity contribution >= 4 is 11.0 Å². The first kappa shape index (κ1) is 13.5. The highest BCUT2D eigenvalue weighted by molar-refractivity contribution is 5.75. The lowest BCUT2D eigenvalue weighted by atomic mass is 10.2. The third-order valence-electron chi connectivity index (χ3n) is 3.41. The van der Waals surface area contributed by atoms with Crippen molar-refractivity contribution < 1.29 is 9.47 Å². The molecular formula is C17H18N2O2. The molecule has 0 aliphatic heterocycles. The number of H-pyrrole nitrogens is 1. The highest BCUT2D eigenvalue weighted by Gasteiger charge is 2.14. The second kappa shape index (κ2) is 5.48. The molecule has 1 unspecified atom stereocenters. The summed E-state index contributed by atoms with van der Waals surface area (Å²) in [5.41, 5.74) is 3.18. The Labute approximate surface area is 123 Å². The van der Waals surface area contributed by atoms with Crippen LogP contribution in [0.3, 0.4) is 0 Å². The maximum Gasteiger partial charge on any atom is 0.162 e. The van der Waals surface area contributed by atoms with Crippen LogP contribution in [0.15, 0.2) is 42.5 Å². The quantitative estimate of drug-likeness (QED) is 0.786. The molecule has 1 atom stereocenters. The van der Waals surface area contributed by atoms with Crippen molar-refractivity contribution in [3.05, 3.63) is 53.9 Å². The minimum absolute atomic E-state index is 0.186. The van der Waals surface area contributed by atoms with E-state index in [-0.39, 0.29) is 6.10 Å². The number of nitrogens with one attached hydrogen (secondary N) is 1. The van der Waals surface area contributed by atoms with Crippen LogP contribution in [0.5, 0.6) is 11.5 Å². The largest absolute Gasteiger partial charge is 0.493 e. The number of hydrogen-bond acceptors (Lipinski definition) is 3. The Hall–Kier alpha value is -2.49. The zero-order valence-corrected chi connectivity index (χ0v) is 12.4. The molecule has 1 heterocycles. The first-order valence-electron chi connectivity index (χ1n) is 6.93. The second-order valence-corrected chi connectivity index (χ2v) is 5.05. The maximum absolute atomic E-state index is 5.96. The number of imidazole rings is 1. The summed E-state index contributed by atoms with van der Waals surface area (Å²) in [7, 11) is 1.64. The molecule has 108 valence electrons. The topological polar surface area (TPSA) is 47.1 Å². The average molecular weight is 282 g/mol. The molecule has 0 saturated heterocycles. The third kappa shape index (κ3) is 2.70. The van der Waals surface area contributed by atoms with E-state index in [4.69, 9.17) is 9.47 Å².